The van der Waals surface area contributed by atoms with E-state index in [1.54, 1.807) is 22.3 Å². The molecule has 15 rings (SSSR count). The molecule has 2 heterocycles. The normalized spacial score (nSPS) is 14.3. The minimum atomic E-state index is -0.336. The molecule has 3 heteroatoms. The molecule has 512 valence electrons. The van der Waals surface area contributed by atoms with Gasteiger partial charge in [-0.05, 0) is 188 Å². The number of hydrogen-bond donors (Lipinski definition) is 0. The second-order valence-corrected chi connectivity index (χ2v) is 31.0. The van der Waals surface area contributed by atoms with Gasteiger partial charge >= 0.3 is 0 Å². The molecular formula is C97H107NO2. The molecule has 0 fully saturated rings. The van der Waals surface area contributed by atoms with Crippen LogP contribution in [-0.2, 0) is 16.2 Å². The van der Waals surface area contributed by atoms with Crippen molar-refractivity contribution < 1.29 is 8.83 Å². The van der Waals surface area contributed by atoms with Gasteiger partial charge in [0.25, 0.3) is 0 Å². The van der Waals surface area contributed by atoms with Crippen LogP contribution >= 0.6 is 0 Å². The van der Waals surface area contributed by atoms with Crippen molar-refractivity contribution in [1.82, 2.24) is 0 Å². The van der Waals surface area contributed by atoms with Gasteiger partial charge in [0.05, 0.1) is 0 Å². The molecule has 2 aromatic heterocycles. The zero-order valence-electron chi connectivity index (χ0n) is 61.1. The van der Waals surface area contributed by atoms with Crippen molar-refractivity contribution in [2.45, 2.75) is 238 Å². The lowest BCUT2D eigenvalue weighted by atomic mass is 9.68. The Hall–Kier alpha value is -8.40. The van der Waals surface area contributed by atoms with E-state index in [1.165, 1.54) is 256 Å². The molecule has 0 bridgehead atoms. The number of fused-ring (bicyclic) bond motifs is 17. The molecule has 12 aromatic rings. The predicted octanol–water partition coefficient (Wildman–Crippen LogP) is 30.1. The Balaban J connectivity index is 0.908. The summed E-state index contributed by atoms with van der Waals surface area (Å²) in [5.41, 5.74) is 29.1. The second kappa shape index (κ2) is 29.7. The van der Waals surface area contributed by atoms with Crippen molar-refractivity contribution in [2.75, 3.05) is 4.90 Å². The fourth-order valence-electron chi connectivity index (χ4n) is 19.0. The molecule has 100 heavy (non-hydrogen) atoms. The van der Waals surface area contributed by atoms with Crippen molar-refractivity contribution in [2.24, 2.45) is 0 Å². The molecule has 10 aromatic carbocycles. The van der Waals surface area contributed by atoms with E-state index in [0.717, 1.165) is 51.7 Å². The van der Waals surface area contributed by atoms with Gasteiger partial charge in [-0.15, -0.1) is 0 Å². The zero-order valence-corrected chi connectivity index (χ0v) is 61.1. The predicted molar refractivity (Wildman–Crippen MR) is 429 cm³/mol. The number of hydrogen-bond acceptors (Lipinski definition) is 3. The fourth-order valence-corrected chi connectivity index (χ4v) is 19.0. The third-order valence-corrected chi connectivity index (χ3v) is 24.2. The van der Waals surface area contributed by atoms with Crippen LogP contribution in [0.3, 0.4) is 0 Å². The van der Waals surface area contributed by atoms with Crippen LogP contribution < -0.4 is 4.90 Å². The lowest BCUT2D eigenvalue weighted by Gasteiger charge is -2.35. The van der Waals surface area contributed by atoms with Crippen LogP contribution in [-0.4, -0.2) is 0 Å². The summed E-state index contributed by atoms with van der Waals surface area (Å²) >= 11 is 0. The molecule has 0 amide bonds. The average Bonchev–Trinajstić information content (AvgIpc) is 1.53. The Morgan fingerprint density at radius 2 is 0.730 bits per heavy atom. The molecule has 3 nitrogen and oxygen atoms in total. The van der Waals surface area contributed by atoms with E-state index in [9.17, 15) is 0 Å². The van der Waals surface area contributed by atoms with E-state index in [0.29, 0.717) is 0 Å². The molecule has 0 N–H and O–H groups in total. The first-order valence-electron chi connectivity index (χ1n) is 39.6. The van der Waals surface area contributed by atoms with Gasteiger partial charge in [0.1, 0.15) is 22.3 Å². The summed E-state index contributed by atoms with van der Waals surface area (Å²) in [4.78, 5) is 2.61. The molecule has 0 radical (unpaired) electrons. The maximum absolute atomic E-state index is 7.07. The Labute approximate surface area is 597 Å². The van der Waals surface area contributed by atoms with E-state index in [4.69, 9.17) is 8.83 Å². The smallest absolute Gasteiger partial charge is 0.143 e. The molecule has 0 atom stereocenters. The van der Waals surface area contributed by atoms with E-state index in [2.05, 4.69) is 247 Å². The van der Waals surface area contributed by atoms with Gasteiger partial charge in [0, 0.05) is 60.4 Å². The van der Waals surface area contributed by atoms with Crippen LogP contribution in [0.4, 0.5) is 17.1 Å². The summed E-state index contributed by atoms with van der Waals surface area (Å²) in [6.45, 7) is 14.3. The molecule has 0 spiro atoms. The van der Waals surface area contributed by atoms with Gasteiger partial charge in [-0.2, -0.15) is 0 Å². The second-order valence-electron chi connectivity index (χ2n) is 31.0. The van der Waals surface area contributed by atoms with Crippen molar-refractivity contribution >= 4 is 60.9 Å². The summed E-state index contributed by atoms with van der Waals surface area (Å²) < 4.78 is 14.0. The van der Waals surface area contributed by atoms with Crippen LogP contribution in [0.25, 0.3) is 99.5 Å². The van der Waals surface area contributed by atoms with E-state index in [-0.39, 0.29) is 16.2 Å². The summed E-state index contributed by atoms with van der Waals surface area (Å²) in [5.74, 6) is 0. The molecule has 3 aliphatic rings. The number of rotatable bonds is 33. The van der Waals surface area contributed by atoms with Crippen molar-refractivity contribution in [1.29, 1.82) is 0 Å². The Kier molecular flexibility index (Phi) is 20.0. The number of para-hydroxylation sites is 3. The first-order chi connectivity index (χ1) is 49.2. The van der Waals surface area contributed by atoms with Gasteiger partial charge in [-0.3, -0.25) is 0 Å². The van der Waals surface area contributed by atoms with E-state index >= 15 is 0 Å². The van der Waals surface area contributed by atoms with Crippen LogP contribution in [0.2, 0.25) is 0 Å². The van der Waals surface area contributed by atoms with Crippen LogP contribution in [0.1, 0.15) is 255 Å². The standard InChI is InChI=1S/C97H107NO2/c1-7-11-15-19-23-37-58-96(59-38-24-20-16-12-8-2)81-56-57-89-92(76-48-33-35-50-87(76)99-89)91(81)80-67-84-79(66-85(80)96)74-54-52-73(64-83(74)97(84,60-39-25-21-17-13-9-3)61-40-26-22-18-14-10-4)98(71-46-31-28-32-47-71)72-53-55-75-82(63-72)95(5,6)86-65-78(70-45-41-44-69(62-70)68-42-29-27-30-43-68)94-93(90(75)86)77-49-34-36-51-88(77)100-94/h27-36,41-57,62-67H,7-26,37-40,58-61H2,1-6H3. The van der Waals surface area contributed by atoms with Gasteiger partial charge in [0.15, 0.2) is 0 Å². The van der Waals surface area contributed by atoms with Crippen molar-refractivity contribution in [3.05, 3.63) is 234 Å². The summed E-state index contributed by atoms with van der Waals surface area (Å²) in [5, 5.41) is 4.95. The first-order valence-corrected chi connectivity index (χ1v) is 39.6. The lowest BCUT2D eigenvalue weighted by molar-refractivity contribution is 0.394. The molecule has 0 unspecified atom stereocenters. The van der Waals surface area contributed by atoms with Crippen molar-refractivity contribution in [3.63, 3.8) is 0 Å². The SMILES string of the molecule is CCCCCCCCC1(CCCCCCCC)c2cc(N(c3ccccc3)c3ccc4c(c3)C(C)(C)c3cc(-c5cccc(-c6ccccc6)c5)c5oc6ccccc6c5c3-4)ccc2-c2cc3c(cc21)-c1c(ccc2oc4ccccc4c12)C3(CCCCCCCC)CCCCCCCC. The number of nitrogens with zero attached hydrogens (tertiary/aromatic N) is 1. The largest absolute Gasteiger partial charge is 0.456 e. The van der Waals surface area contributed by atoms with Crippen LogP contribution in [0.5, 0.6) is 0 Å². The highest BCUT2D eigenvalue weighted by atomic mass is 16.3. The van der Waals surface area contributed by atoms with E-state index in [1.807, 2.05) is 0 Å². The van der Waals surface area contributed by atoms with Gasteiger partial charge < -0.3 is 13.7 Å². The Morgan fingerprint density at radius 1 is 0.280 bits per heavy atom. The number of furan rings is 2. The third-order valence-electron chi connectivity index (χ3n) is 24.2. The monoisotopic (exact) mass is 1320 g/mol. The van der Waals surface area contributed by atoms with Gasteiger partial charge in [-0.25, -0.2) is 0 Å². The van der Waals surface area contributed by atoms with Crippen molar-refractivity contribution in [3.8, 4) is 55.6 Å². The fraction of sp³-hybridized carbons (Fsp3) is 0.381. The Morgan fingerprint density at radius 3 is 1.34 bits per heavy atom. The minimum absolute atomic E-state index is 0.0949. The summed E-state index contributed by atoms with van der Waals surface area (Å²) in [6, 6.07) is 77.2. The Bertz CT molecular complexity index is 4810. The minimum Gasteiger partial charge on any atom is -0.456 e. The van der Waals surface area contributed by atoms with Gasteiger partial charge in [-0.1, -0.05) is 317 Å². The molecular weight excluding hydrogens is 1210 g/mol. The third kappa shape index (κ3) is 12.4. The van der Waals surface area contributed by atoms with Crippen LogP contribution in [0.15, 0.2) is 209 Å². The summed E-state index contributed by atoms with van der Waals surface area (Å²) in [7, 11) is 0. The average molecular weight is 1320 g/mol. The van der Waals surface area contributed by atoms with Gasteiger partial charge in [0.2, 0.25) is 0 Å². The molecule has 0 saturated heterocycles. The highest BCUT2D eigenvalue weighted by Crippen LogP contribution is 2.64. The zero-order chi connectivity index (χ0) is 68.2. The lowest BCUT2D eigenvalue weighted by Crippen LogP contribution is -2.27. The maximum atomic E-state index is 7.07. The molecule has 0 saturated carbocycles. The number of unbranched alkanes of at least 4 members (excludes halogenated alkanes) is 20. The number of anilines is 3. The maximum Gasteiger partial charge on any atom is 0.143 e. The molecule has 0 aliphatic heterocycles. The first kappa shape index (κ1) is 67.4. The highest BCUT2D eigenvalue weighted by molar-refractivity contribution is 6.19. The summed E-state index contributed by atoms with van der Waals surface area (Å²) in [6.07, 6.45) is 35.6. The van der Waals surface area contributed by atoms with Crippen LogP contribution in [0, 0.1) is 0 Å². The molecule has 3 aliphatic carbocycles. The van der Waals surface area contributed by atoms with E-state index < -0.39 is 0 Å². The quantitative estimate of drug-likeness (QED) is 0.0384. The topological polar surface area (TPSA) is 29.5 Å². The number of benzene rings is 10. The highest BCUT2D eigenvalue weighted by Gasteiger charge is 2.49.